The molecule has 152 valence electrons. The maximum Gasteiger partial charge on any atom is 0.262 e. The number of nitrogens with zero attached hydrogens (tertiary/aromatic N) is 2. The molecule has 2 atom stereocenters. The predicted octanol–water partition coefficient (Wildman–Crippen LogP) is 4.06. The molecule has 0 fully saturated rings. The van der Waals surface area contributed by atoms with Crippen LogP contribution in [0, 0.1) is 5.92 Å². The Hall–Kier alpha value is -2.78. The van der Waals surface area contributed by atoms with Crippen molar-refractivity contribution in [1.29, 1.82) is 0 Å². The monoisotopic (exact) mass is 430 g/mol. The summed E-state index contributed by atoms with van der Waals surface area (Å²) in [4.78, 5) is 25.9. The molecule has 0 aliphatic carbocycles. The first-order valence-electron chi connectivity index (χ1n) is 9.15. The third-order valence-electron chi connectivity index (χ3n) is 4.50. The SMILES string of the molecule is CCC(C)C(NC(=O)c1cccs1)C(=O)Nc1nnc(-c2cccc(OC)c2)s1. The number of carbonyl (C=O) groups excluding carboxylic acids is 2. The van der Waals surface area contributed by atoms with Crippen LogP contribution in [0.15, 0.2) is 41.8 Å². The highest BCUT2D eigenvalue weighted by atomic mass is 32.1. The Balaban J connectivity index is 1.72. The molecule has 2 aromatic heterocycles. The average molecular weight is 431 g/mol. The third-order valence-corrected chi connectivity index (χ3v) is 6.26. The van der Waals surface area contributed by atoms with E-state index in [1.807, 2.05) is 43.5 Å². The van der Waals surface area contributed by atoms with Gasteiger partial charge in [0, 0.05) is 5.56 Å². The number of aromatic nitrogens is 2. The van der Waals surface area contributed by atoms with Crippen LogP contribution in [-0.4, -0.2) is 35.2 Å². The summed E-state index contributed by atoms with van der Waals surface area (Å²) >= 11 is 2.60. The summed E-state index contributed by atoms with van der Waals surface area (Å²) in [5.74, 6) is 0.119. The van der Waals surface area contributed by atoms with Crippen LogP contribution in [0.3, 0.4) is 0 Å². The van der Waals surface area contributed by atoms with Gasteiger partial charge in [-0.25, -0.2) is 0 Å². The zero-order valence-electron chi connectivity index (χ0n) is 16.3. The van der Waals surface area contributed by atoms with E-state index in [-0.39, 0.29) is 17.7 Å². The lowest BCUT2D eigenvalue weighted by molar-refractivity contribution is -0.119. The molecule has 29 heavy (non-hydrogen) atoms. The number of methoxy groups -OCH3 is 1. The van der Waals surface area contributed by atoms with Crippen LogP contribution < -0.4 is 15.4 Å². The van der Waals surface area contributed by atoms with Gasteiger partial charge in [0.25, 0.3) is 5.91 Å². The Labute approximate surface area is 177 Å². The van der Waals surface area contributed by atoms with Crippen molar-refractivity contribution < 1.29 is 14.3 Å². The van der Waals surface area contributed by atoms with Crippen LogP contribution in [0.1, 0.15) is 29.9 Å². The van der Waals surface area contributed by atoms with Crippen molar-refractivity contribution in [3.63, 3.8) is 0 Å². The van der Waals surface area contributed by atoms with Crippen LogP contribution in [0.25, 0.3) is 10.6 Å². The normalized spacial score (nSPS) is 12.8. The average Bonchev–Trinajstić information content (AvgIpc) is 3.43. The predicted molar refractivity (Wildman–Crippen MR) is 116 cm³/mol. The summed E-state index contributed by atoms with van der Waals surface area (Å²) in [6.45, 7) is 3.91. The van der Waals surface area contributed by atoms with Crippen molar-refractivity contribution in [1.82, 2.24) is 15.5 Å². The molecule has 2 N–H and O–H groups in total. The van der Waals surface area contributed by atoms with Gasteiger partial charge in [-0.2, -0.15) is 0 Å². The minimum absolute atomic E-state index is 0.0373. The van der Waals surface area contributed by atoms with Gasteiger partial charge in [0.15, 0.2) is 0 Å². The number of hydrogen-bond donors (Lipinski definition) is 2. The smallest absolute Gasteiger partial charge is 0.262 e. The Kier molecular flexibility index (Phi) is 6.95. The molecule has 2 amide bonds. The highest BCUT2D eigenvalue weighted by Gasteiger charge is 2.27. The fourth-order valence-electron chi connectivity index (χ4n) is 2.65. The van der Waals surface area contributed by atoms with E-state index in [1.165, 1.54) is 22.7 Å². The molecule has 0 aliphatic rings. The number of thiophene rings is 1. The molecule has 0 saturated heterocycles. The molecule has 2 heterocycles. The van der Waals surface area contributed by atoms with Crippen LogP contribution in [0.2, 0.25) is 0 Å². The van der Waals surface area contributed by atoms with Gasteiger partial charge in [0.1, 0.15) is 16.8 Å². The standard InChI is InChI=1S/C20H22N4O3S2/c1-4-12(2)16(21-17(25)15-9-6-10-28-15)18(26)22-20-24-23-19(29-20)13-7-5-8-14(11-13)27-3/h5-12,16H,4H2,1-3H3,(H,21,25)(H,22,24,26). The van der Waals surface area contributed by atoms with Gasteiger partial charge in [-0.15, -0.1) is 21.5 Å². The van der Waals surface area contributed by atoms with E-state index in [2.05, 4.69) is 20.8 Å². The topological polar surface area (TPSA) is 93.2 Å². The largest absolute Gasteiger partial charge is 0.497 e. The Morgan fingerprint density at radius 3 is 2.72 bits per heavy atom. The second kappa shape index (κ2) is 9.62. The Bertz CT molecular complexity index is 972. The van der Waals surface area contributed by atoms with Crippen LogP contribution in [0.5, 0.6) is 5.75 Å². The molecule has 0 bridgehead atoms. The fourth-order valence-corrected chi connectivity index (χ4v) is 4.02. The Morgan fingerprint density at radius 1 is 1.21 bits per heavy atom. The van der Waals surface area contributed by atoms with E-state index in [0.717, 1.165) is 17.7 Å². The number of rotatable bonds is 8. The molecule has 0 radical (unpaired) electrons. The summed E-state index contributed by atoms with van der Waals surface area (Å²) in [7, 11) is 1.60. The molecule has 7 nitrogen and oxygen atoms in total. The zero-order chi connectivity index (χ0) is 20.8. The fraction of sp³-hybridized carbons (Fsp3) is 0.300. The molecule has 0 spiro atoms. The van der Waals surface area contributed by atoms with Crippen molar-refractivity contribution >= 4 is 39.6 Å². The maximum atomic E-state index is 12.9. The van der Waals surface area contributed by atoms with E-state index in [0.29, 0.717) is 15.0 Å². The van der Waals surface area contributed by atoms with Crippen molar-refractivity contribution in [2.45, 2.75) is 26.3 Å². The van der Waals surface area contributed by atoms with Crippen LogP contribution in [-0.2, 0) is 4.79 Å². The molecule has 1 aromatic carbocycles. The number of amides is 2. The van der Waals surface area contributed by atoms with Crippen molar-refractivity contribution in [2.75, 3.05) is 12.4 Å². The lowest BCUT2D eigenvalue weighted by Crippen LogP contribution is -2.47. The molecule has 3 aromatic rings. The number of ether oxygens (including phenoxy) is 1. The second-order valence-electron chi connectivity index (χ2n) is 6.45. The minimum atomic E-state index is -0.668. The number of benzene rings is 1. The van der Waals surface area contributed by atoms with E-state index in [9.17, 15) is 9.59 Å². The highest BCUT2D eigenvalue weighted by Crippen LogP contribution is 2.29. The highest BCUT2D eigenvalue weighted by molar-refractivity contribution is 7.18. The van der Waals surface area contributed by atoms with Crippen LogP contribution >= 0.6 is 22.7 Å². The summed E-state index contributed by atoms with van der Waals surface area (Å²) in [5.41, 5.74) is 0.854. The molecular formula is C20H22N4O3S2. The first kappa shape index (κ1) is 20.9. The van der Waals surface area contributed by atoms with E-state index in [1.54, 1.807) is 19.2 Å². The number of carbonyl (C=O) groups is 2. The molecule has 9 heteroatoms. The van der Waals surface area contributed by atoms with Gasteiger partial charge < -0.3 is 10.1 Å². The van der Waals surface area contributed by atoms with Gasteiger partial charge in [-0.1, -0.05) is 49.8 Å². The van der Waals surface area contributed by atoms with Crippen molar-refractivity contribution in [2.24, 2.45) is 5.92 Å². The maximum absolute atomic E-state index is 12.9. The number of hydrogen-bond acceptors (Lipinski definition) is 7. The lowest BCUT2D eigenvalue weighted by atomic mass is 9.98. The number of nitrogens with one attached hydrogen (secondary N) is 2. The van der Waals surface area contributed by atoms with Crippen molar-refractivity contribution in [3.8, 4) is 16.3 Å². The molecule has 2 unspecified atom stereocenters. The summed E-state index contributed by atoms with van der Waals surface area (Å²) in [5, 5.41) is 16.7. The Morgan fingerprint density at radius 2 is 2.03 bits per heavy atom. The first-order valence-corrected chi connectivity index (χ1v) is 10.8. The van der Waals surface area contributed by atoms with Gasteiger partial charge in [-0.3, -0.25) is 14.9 Å². The lowest BCUT2D eigenvalue weighted by Gasteiger charge is -2.22. The number of anilines is 1. The summed E-state index contributed by atoms with van der Waals surface area (Å²) < 4.78 is 5.23. The van der Waals surface area contributed by atoms with E-state index < -0.39 is 6.04 Å². The molecule has 0 saturated carbocycles. The zero-order valence-corrected chi connectivity index (χ0v) is 18.0. The molecule has 0 aliphatic heterocycles. The third kappa shape index (κ3) is 5.18. The van der Waals surface area contributed by atoms with Crippen LogP contribution in [0.4, 0.5) is 5.13 Å². The van der Waals surface area contributed by atoms with E-state index in [4.69, 9.17) is 4.74 Å². The van der Waals surface area contributed by atoms with Crippen molar-refractivity contribution in [3.05, 3.63) is 46.7 Å². The molecular weight excluding hydrogens is 408 g/mol. The summed E-state index contributed by atoms with van der Waals surface area (Å²) in [6.07, 6.45) is 0.744. The summed E-state index contributed by atoms with van der Waals surface area (Å²) in [6, 6.07) is 10.3. The second-order valence-corrected chi connectivity index (χ2v) is 8.37. The van der Waals surface area contributed by atoms with Gasteiger partial charge >= 0.3 is 0 Å². The minimum Gasteiger partial charge on any atom is -0.497 e. The first-order chi connectivity index (χ1) is 14.0. The van der Waals surface area contributed by atoms with E-state index >= 15 is 0 Å². The quantitative estimate of drug-likeness (QED) is 0.562. The van der Waals surface area contributed by atoms with Gasteiger partial charge in [0.2, 0.25) is 11.0 Å². The van der Waals surface area contributed by atoms with Gasteiger partial charge in [0.05, 0.1) is 12.0 Å². The molecule has 3 rings (SSSR count). The van der Waals surface area contributed by atoms with Gasteiger partial charge in [-0.05, 0) is 29.5 Å².